The number of nitrogens with one attached hydrogen (secondary N) is 2. The maximum absolute atomic E-state index is 12.5. The number of carbonyl (C=O) groups is 1. The van der Waals surface area contributed by atoms with Gasteiger partial charge < -0.3 is 15.5 Å². The Bertz CT molecular complexity index is 1040. The molecule has 0 spiro atoms. The van der Waals surface area contributed by atoms with E-state index in [1.807, 2.05) is 6.07 Å². The van der Waals surface area contributed by atoms with Crippen LogP contribution >= 0.6 is 11.6 Å². The Morgan fingerprint density at radius 2 is 2.00 bits per heavy atom. The summed E-state index contributed by atoms with van der Waals surface area (Å²) in [4.78, 5) is 12.5. The summed E-state index contributed by atoms with van der Waals surface area (Å²) >= 11 is 6.07. The Labute approximate surface area is 154 Å². The van der Waals surface area contributed by atoms with Crippen molar-refractivity contribution in [2.45, 2.75) is 0 Å². The molecule has 0 aliphatic rings. The molecule has 0 saturated heterocycles. The van der Waals surface area contributed by atoms with Crippen molar-refractivity contribution in [3.8, 4) is 6.07 Å². The van der Waals surface area contributed by atoms with Crippen molar-refractivity contribution in [3.05, 3.63) is 82.3 Å². The summed E-state index contributed by atoms with van der Waals surface area (Å²) in [7, 11) is 0. The minimum atomic E-state index is -0.426. The number of anilines is 2. The predicted molar refractivity (Wildman–Crippen MR) is 99.6 cm³/mol. The monoisotopic (exact) mass is 364 g/mol. The second kappa shape index (κ2) is 7.13. The Balaban J connectivity index is 1.87. The molecular formula is C19H13ClN4O2. The van der Waals surface area contributed by atoms with Gasteiger partial charge >= 0.3 is 0 Å². The Morgan fingerprint density at radius 1 is 1.19 bits per heavy atom. The maximum atomic E-state index is 12.5. The third-order valence-corrected chi connectivity index (χ3v) is 4.05. The number of benzene rings is 2. The highest BCUT2D eigenvalue weighted by atomic mass is 35.5. The lowest BCUT2D eigenvalue weighted by atomic mass is 10.0. The number of furan rings is 1. The van der Waals surface area contributed by atoms with Gasteiger partial charge in [-0.3, -0.25) is 10.2 Å². The van der Waals surface area contributed by atoms with Crippen LogP contribution in [0, 0.1) is 16.7 Å². The number of nitrogen functional groups attached to an aromatic ring is 1. The first-order valence-corrected chi connectivity index (χ1v) is 7.89. The average molecular weight is 365 g/mol. The molecule has 1 amide bonds. The summed E-state index contributed by atoms with van der Waals surface area (Å²) in [5.74, 6) is -0.426. The highest BCUT2D eigenvalue weighted by molar-refractivity contribution is 6.34. The van der Waals surface area contributed by atoms with E-state index in [2.05, 4.69) is 5.32 Å². The number of nitriles is 1. The van der Waals surface area contributed by atoms with Gasteiger partial charge in [-0.05, 0) is 42.5 Å². The molecule has 0 atom stereocenters. The van der Waals surface area contributed by atoms with Gasteiger partial charge in [0.1, 0.15) is 0 Å². The SMILES string of the molecule is N#Cc1ccc(C(=O)Nc2ccc(N)c(C(=N)c3ccoc3)c2)c(Cl)c1. The van der Waals surface area contributed by atoms with Gasteiger partial charge in [0, 0.05) is 22.5 Å². The van der Waals surface area contributed by atoms with Crippen molar-refractivity contribution in [1.82, 2.24) is 0 Å². The molecule has 0 unspecified atom stereocenters. The summed E-state index contributed by atoms with van der Waals surface area (Å²) in [5, 5.41) is 20.0. The molecule has 0 saturated carbocycles. The predicted octanol–water partition coefficient (Wildman–Crippen LogP) is 4.06. The fourth-order valence-electron chi connectivity index (χ4n) is 2.38. The van der Waals surface area contributed by atoms with E-state index in [4.69, 9.17) is 32.4 Å². The molecule has 7 heteroatoms. The largest absolute Gasteiger partial charge is 0.472 e. The normalized spacial score (nSPS) is 10.2. The Kier molecular flexibility index (Phi) is 4.74. The third-order valence-electron chi connectivity index (χ3n) is 3.73. The van der Waals surface area contributed by atoms with Crippen LogP contribution in [-0.4, -0.2) is 11.6 Å². The zero-order valence-electron chi connectivity index (χ0n) is 13.4. The number of carbonyl (C=O) groups excluding carboxylic acids is 1. The van der Waals surface area contributed by atoms with Crippen LogP contribution in [-0.2, 0) is 0 Å². The van der Waals surface area contributed by atoms with Gasteiger partial charge in [-0.2, -0.15) is 5.26 Å². The summed E-state index contributed by atoms with van der Waals surface area (Å²) < 4.78 is 4.99. The molecule has 0 fully saturated rings. The molecule has 4 N–H and O–H groups in total. The van der Waals surface area contributed by atoms with Crippen LogP contribution in [0.1, 0.15) is 27.0 Å². The van der Waals surface area contributed by atoms with E-state index in [1.165, 1.54) is 30.7 Å². The lowest BCUT2D eigenvalue weighted by Crippen LogP contribution is -2.14. The fourth-order valence-corrected chi connectivity index (χ4v) is 2.65. The first-order valence-electron chi connectivity index (χ1n) is 7.51. The van der Waals surface area contributed by atoms with Gasteiger partial charge in [-0.1, -0.05) is 11.6 Å². The van der Waals surface area contributed by atoms with Crippen LogP contribution in [0.2, 0.25) is 5.02 Å². The summed E-state index contributed by atoms with van der Waals surface area (Å²) in [5.41, 5.74) is 8.68. The zero-order chi connectivity index (χ0) is 18.7. The lowest BCUT2D eigenvalue weighted by molar-refractivity contribution is 0.102. The average Bonchev–Trinajstić information content (AvgIpc) is 3.17. The molecular weight excluding hydrogens is 352 g/mol. The van der Waals surface area contributed by atoms with E-state index in [-0.39, 0.29) is 16.3 Å². The minimum Gasteiger partial charge on any atom is -0.472 e. The van der Waals surface area contributed by atoms with Crippen molar-refractivity contribution < 1.29 is 9.21 Å². The summed E-state index contributed by atoms with van der Waals surface area (Å²) in [6.07, 6.45) is 2.92. The topological polar surface area (TPSA) is 116 Å². The molecule has 0 aliphatic carbocycles. The van der Waals surface area contributed by atoms with Gasteiger partial charge in [0.05, 0.1) is 40.5 Å². The number of amides is 1. The van der Waals surface area contributed by atoms with Crippen molar-refractivity contribution in [1.29, 1.82) is 10.7 Å². The number of rotatable bonds is 4. The van der Waals surface area contributed by atoms with E-state index in [1.54, 1.807) is 24.3 Å². The summed E-state index contributed by atoms with van der Waals surface area (Å²) in [6, 6.07) is 12.9. The van der Waals surface area contributed by atoms with Crippen molar-refractivity contribution >= 4 is 34.6 Å². The molecule has 3 rings (SSSR count). The van der Waals surface area contributed by atoms with Crippen LogP contribution in [0.3, 0.4) is 0 Å². The molecule has 0 bridgehead atoms. The van der Waals surface area contributed by atoms with E-state index in [0.29, 0.717) is 28.1 Å². The summed E-state index contributed by atoms with van der Waals surface area (Å²) in [6.45, 7) is 0. The standard InChI is InChI=1S/C19H13ClN4O2/c20-16-7-11(9-21)1-3-14(16)19(25)24-13-2-4-17(22)15(8-13)18(23)12-5-6-26-10-12/h1-8,10,23H,22H2,(H,24,25). The van der Waals surface area contributed by atoms with Crippen molar-refractivity contribution in [2.75, 3.05) is 11.1 Å². The molecule has 0 radical (unpaired) electrons. The highest BCUT2D eigenvalue weighted by Gasteiger charge is 2.14. The van der Waals surface area contributed by atoms with E-state index in [9.17, 15) is 4.79 Å². The molecule has 26 heavy (non-hydrogen) atoms. The number of halogens is 1. The van der Waals surface area contributed by atoms with E-state index < -0.39 is 5.91 Å². The van der Waals surface area contributed by atoms with E-state index in [0.717, 1.165) is 0 Å². The molecule has 0 aliphatic heterocycles. The minimum absolute atomic E-state index is 0.184. The highest BCUT2D eigenvalue weighted by Crippen LogP contribution is 2.23. The second-order valence-corrected chi connectivity index (χ2v) is 5.86. The third kappa shape index (κ3) is 3.43. The van der Waals surface area contributed by atoms with E-state index >= 15 is 0 Å². The molecule has 128 valence electrons. The first-order chi connectivity index (χ1) is 12.5. The molecule has 1 aromatic heterocycles. The van der Waals surface area contributed by atoms with Gasteiger partial charge in [-0.25, -0.2) is 0 Å². The van der Waals surface area contributed by atoms with Crippen LogP contribution in [0.4, 0.5) is 11.4 Å². The second-order valence-electron chi connectivity index (χ2n) is 5.45. The Morgan fingerprint density at radius 3 is 2.65 bits per heavy atom. The first kappa shape index (κ1) is 17.3. The van der Waals surface area contributed by atoms with Gasteiger partial charge in [0.2, 0.25) is 0 Å². The van der Waals surface area contributed by atoms with Crippen LogP contribution in [0.15, 0.2) is 59.4 Å². The van der Waals surface area contributed by atoms with Crippen molar-refractivity contribution in [2.24, 2.45) is 0 Å². The zero-order valence-corrected chi connectivity index (χ0v) is 14.2. The molecule has 6 nitrogen and oxygen atoms in total. The quantitative estimate of drug-likeness (QED) is 0.478. The van der Waals surface area contributed by atoms with Gasteiger partial charge in [0.15, 0.2) is 0 Å². The number of nitrogens with zero attached hydrogens (tertiary/aromatic N) is 1. The van der Waals surface area contributed by atoms with Gasteiger partial charge in [0.25, 0.3) is 5.91 Å². The fraction of sp³-hybridized carbons (Fsp3) is 0. The maximum Gasteiger partial charge on any atom is 0.257 e. The number of nitrogens with two attached hydrogens (primary N) is 1. The van der Waals surface area contributed by atoms with Gasteiger partial charge in [-0.15, -0.1) is 0 Å². The molecule has 3 aromatic rings. The smallest absolute Gasteiger partial charge is 0.257 e. The number of hydrogen-bond donors (Lipinski definition) is 3. The Hall–Kier alpha value is -3.56. The van der Waals surface area contributed by atoms with Crippen LogP contribution < -0.4 is 11.1 Å². The van der Waals surface area contributed by atoms with Crippen LogP contribution in [0.25, 0.3) is 0 Å². The van der Waals surface area contributed by atoms with Crippen LogP contribution in [0.5, 0.6) is 0 Å². The molecule has 1 heterocycles. The number of hydrogen-bond acceptors (Lipinski definition) is 5. The lowest BCUT2D eigenvalue weighted by Gasteiger charge is -2.11. The molecule has 2 aromatic carbocycles. The van der Waals surface area contributed by atoms with Crippen molar-refractivity contribution in [3.63, 3.8) is 0 Å².